The van der Waals surface area contributed by atoms with Crippen LogP contribution in [-0.2, 0) is 11.2 Å². The summed E-state index contributed by atoms with van der Waals surface area (Å²) in [5.41, 5.74) is 7.34. The Balaban J connectivity index is 2.66. The van der Waals surface area contributed by atoms with Gasteiger partial charge in [-0.15, -0.1) is 11.8 Å². The molecule has 0 amide bonds. The highest BCUT2D eigenvalue weighted by molar-refractivity contribution is 7.99. The Morgan fingerprint density at radius 3 is 3.00 bits per heavy atom. The van der Waals surface area contributed by atoms with Crippen molar-refractivity contribution < 1.29 is 4.74 Å². The summed E-state index contributed by atoms with van der Waals surface area (Å²) >= 11 is 1.70. The average Bonchev–Trinajstić information content (AvgIpc) is 2.23. The number of nitriles is 1. The fraction of sp³-hybridized carbons (Fsp3) is 0.364. The highest BCUT2D eigenvalue weighted by atomic mass is 32.2. The second kappa shape index (κ2) is 6.33. The summed E-state index contributed by atoms with van der Waals surface area (Å²) in [5.74, 6) is 0.909. The third-order valence-electron chi connectivity index (χ3n) is 1.94. The number of nitrogens with zero attached hydrogens (tertiary/aromatic N) is 1. The number of anilines is 1. The van der Waals surface area contributed by atoms with Crippen LogP contribution in [0.3, 0.4) is 0 Å². The van der Waals surface area contributed by atoms with E-state index in [4.69, 9.17) is 15.7 Å². The topological polar surface area (TPSA) is 59.0 Å². The van der Waals surface area contributed by atoms with Gasteiger partial charge in [-0.2, -0.15) is 5.26 Å². The minimum atomic E-state index is 0.366. The maximum Gasteiger partial charge on any atom is 0.0670 e. The summed E-state index contributed by atoms with van der Waals surface area (Å²) in [5, 5.41) is 8.62. The van der Waals surface area contributed by atoms with Gasteiger partial charge >= 0.3 is 0 Å². The van der Waals surface area contributed by atoms with Gasteiger partial charge in [0.2, 0.25) is 0 Å². The molecular weight excluding hydrogens is 208 g/mol. The molecule has 1 aromatic carbocycles. The van der Waals surface area contributed by atoms with E-state index in [0.29, 0.717) is 12.1 Å². The van der Waals surface area contributed by atoms with Gasteiger partial charge in [-0.25, -0.2) is 0 Å². The number of ether oxygens (including phenoxy) is 1. The minimum Gasteiger partial charge on any atom is -0.398 e. The zero-order valence-electron chi connectivity index (χ0n) is 8.69. The lowest BCUT2D eigenvalue weighted by Gasteiger charge is -2.05. The van der Waals surface area contributed by atoms with Crippen molar-refractivity contribution in [3.05, 3.63) is 23.8 Å². The lowest BCUT2D eigenvalue weighted by Crippen LogP contribution is -1.95. The second-order valence-corrected chi connectivity index (χ2v) is 4.21. The van der Waals surface area contributed by atoms with Crippen molar-refractivity contribution in [3.8, 4) is 6.07 Å². The standard InChI is InChI=1S/C11H14N2OS/c1-14-6-7-15-10-2-3-11(13)9(8-10)4-5-12/h2-3,8H,4,6-7,13H2,1H3. The first kappa shape index (κ1) is 11.9. The molecular formula is C11H14N2OS. The maximum absolute atomic E-state index is 8.62. The summed E-state index contributed by atoms with van der Waals surface area (Å²) in [7, 11) is 1.69. The number of hydrogen-bond acceptors (Lipinski definition) is 4. The monoisotopic (exact) mass is 222 g/mol. The van der Waals surface area contributed by atoms with Crippen LogP contribution in [0.4, 0.5) is 5.69 Å². The third kappa shape index (κ3) is 3.82. The van der Waals surface area contributed by atoms with Gasteiger partial charge in [-0.3, -0.25) is 0 Å². The van der Waals surface area contributed by atoms with Crippen LogP contribution in [0, 0.1) is 11.3 Å². The van der Waals surface area contributed by atoms with Gasteiger partial charge < -0.3 is 10.5 Å². The Hall–Kier alpha value is -1.18. The minimum absolute atomic E-state index is 0.366. The lowest BCUT2D eigenvalue weighted by atomic mass is 10.1. The lowest BCUT2D eigenvalue weighted by molar-refractivity contribution is 0.218. The molecule has 2 N–H and O–H groups in total. The molecule has 0 aliphatic rings. The van der Waals surface area contributed by atoms with E-state index in [-0.39, 0.29) is 0 Å². The Morgan fingerprint density at radius 2 is 2.33 bits per heavy atom. The number of nitrogen functional groups attached to an aromatic ring is 1. The maximum atomic E-state index is 8.62. The van der Waals surface area contributed by atoms with Gasteiger partial charge in [0.25, 0.3) is 0 Å². The molecule has 1 aromatic rings. The smallest absolute Gasteiger partial charge is 0.0670 e. The molecule has 1 rings (SSSR count). The molecule has 3 nitrogen and oxygen atoms in total. The van der Waals surface area contributed by atoms with Crippen LogP contribution in [0.2, 0.25) is 0 Å². The third-order valence-corrected chi connectivity index (χ3v) is 2.90. The fourth-order valence-corrected chi connectivity index (χ4v) is 2.03. The Morgan fingerprint density at radius 1 is 1.53 bits per heavy atom. The molecule has 0 bridgehead atoms. The molecule has 0 atom stereocenters. The van der Waals surface area contributed by atoms with Crippen molar-refractivity contribution in [2.75, 3.05) is 25.2 Å². The van der Waals surface area contributed by atoms with Crippen LogP contribution in [-0.4, -0.2) is 19.5 Å². The van der Waals surface area contributed by atoms with Crippen LogP contribution >= 0.6 is 11.8 Å². The Kier molecular flexibility index (Phi) is 5.02. The van der Waals surface area contributed by atoms with Crippen LogP contribution in [0.15, 0.2) is 23.1 Å². The predicted molar refractivity (Wildman–Crippen MR) is 62.8 cm³/mol. The molecule has 0 saturated carbocycles. The molecule has 0 fully saturated rings. The van der Waals surface area contributed by atoms with E-state index in [1.807, 2.05) is 18.2 Å². The number of methoxy groups -OCH3 is 1. The van der Waals surface area contributed by atoms with E-state index < -0.39 is 0 Å². The van der Waals surface area contributed by atoms with Crippen LogP contribution in [0.25, 0.3) is 0 Å². The quantitative estimate of drug-likeness (QED) is 0.470. The summed E-state index contributed by atoms with van der Waals surface area (Å²) in [6, 6.07) is 7.89. The normalized spacial score (nSPS) is 9.87. The SMILES string of the molecule is COCCSc1ccc(N)c(CC#N)c1. The molecule has 0 spiro atoms. The average molecular weight is 222 g/mol. The molecule has 0 aliphatic carbocycles. The van der Waals surface area contributed by atoms with Crippen molar-refractivity contribution in [3.63, 3.8) is 0 Å². The first-order chi connectivity index (χ1) is 7.27. The largest absolute Gasteiger partial charge is 0.398 e. The van der Waals surface area contributed by atoms with Gasteiger partial charge in [0.15, 0.2) is 0 Å². The van der Waals surface area contributed by atoms with Gasteiger partial charge in [0, 0.05) is 23.4 Å². The zero-order valence-corrected chi connectivity index (χ0v) is 9.51. The zero-order chi connectivity index (χ0) is 11.1. The summed E-state index contributed by atoms with van der Waals surface area (Å²) < 4.78 is 4.97. The first-order valence-corrected chi connectivity index (χ1v) is 5.63. The van der Waals surface area contributed by atoms with Gasteiger partial charge in [-0.1, -0.05) is 0 Å². The first-order valence-electron chi connectivity index (χ1n) is 4.65. The van der Waals surface area contributed by atoms with Crippen LogP contribution < -0.4 is 5.73 Å². The molecule has 4 heteroatoms. The highest BCUT2D eigenvalue weighted by Gasteiger charge is 2.01. The molecule has 0 heterocycles. The number of nitrogens with two attached hydrogens (primary N) is 1. The van der Waals surface area contributed by atoms with Crippen LogP contribution in [0.1, 0.15) is 5.56 Å². The molecule has 15 heavy (non-hydrogen) atoms. The number of hydrogen-bond donors (Lipinski definition) is 1. The van der Waals surface area contributed by atoms with E-state index in [1.54, 1.807) is 18.9 Å². The van der Waals surface area contributed by atoms with E-state index in [9.17, 15) is 0 Å². The van der Waals surface area contributed by atoms with Crippen molar-refractivity contribution in [1.82, 2.24) is 0 Å². The van der Waals surface area contributed by atoms with Gasteiger partial charge in [0.05, 0.1) is 19.1 Å². The number of benzene rings is 1. The van der Waals surface area contributed by atoms with E-state index in [2.05, 4.69) is 6.07 Å². The summed E-state index contributed by atoms with van der Waals surface area (Å²) in [6.07, 6.45) is 0.366. The Labute approximate surface area is 94.2 Å². The Bertz CT molecular complexity index is 360. The van der Waals surface area contributed by atoms with Crippen molar-refractivity contribution >= 4 is 17.4 Å². The van der Waals surface area contributed by atoms with Gasteiger partial charge in [0.1, 0.15) is 0 Å². The van der Waals surface area contributed by atoms with Crippen molar-refractivity contribution in [1.29, 1.82) is 5.26 Å². The molecule has 0 aromatic heterocycles. The molecule has 0 aliphatic heterocycles. The summed E-state index contributed by atoms with van der Waals surface area (Å²) in [6.45, 7) is 0.725. The van der Waals surface area contributed by atoms with Crippen molar-refractivity contribution in [2.45, 2.75) is 11.3 Å². The summed E-state index contributed by atoms with van der Waals surface area (Å²) in [4.78, 5) is 1.13. The van der Waals surface area contributed by atoms with Gasteiger partial charge in [-0.05, 0) is 23.8 Å². The van der Waals surface area contributed by atoms with E-state index in [1.165, 1.54) is 0 Å². The predicted octanol–water partition coefficient (Wildman–Crippen LogP) is 2.07. The van der Waals surface area contributed by atoms with E-state index >= 15 is 0 Å². The van der Waals surface area contributed by atoms with E-state index in [0.717, 1.165) is 22.8 Å². The molecule has 80 valence electrons. The second-order valence-electron chi connectivity index (χ2n) is 3.04. The fourth-order valence-electron chi connectivity index (χ4n) is 1.15. The molecule has 0 radical (unpaired) electrons. The number of thioether (sulfide) groups is 1. The van der Waals surface area contributed by atoms with Crippen molar-refractivity contribution in [2.24, 2.45) is 0 Å². The number of rotatable bonds is 5. The molecule has 0 unspecified atom stereocenters. The van der Waals surface area contributed by atoms with Crippen LogP contribution in [0.5, 0.6) is 0 Å². The molecule has 0 saturated heterocycles. The highest BCUT2D eigenvalue weighted by Crippen LogP contribution is 2.23.